The van der Waals surface area contributed by atoms with Crippen molar-refractivity contribution in [3.05, 3.63) is 17.5 Å². The number of nitrogens with one attached hydrogen (secondary N) is 2. The van der Waals surface area contributed by atoms with Gasteiger partial charge in [-0.1, -0.05) is 0 Å². The first-order chi connectivity index (χ1) is 9.56. The van der Waals surface area contributed by atoms with Crippen molar-refractivity contribution in [1.82, 2.24) is 20.4 Å². The van der Waals surface area contributed by atoms with Crippen molar-refractivity contribution in [3.8, 4) is 0 Å². The summed E-state index contributed by atoms with van der Waals surface area (Å²) < 4.78 is 1.72. The normalized spacial score (nSPS) is 22.6. The van der Waals surface area contributed by atoms with Gasteiger partial charge in [0.05, 0.1) is 17.5 Å². The van der Waals surface area contributed by atoms with E-state index >= 15 is 0 Å². The van der Waals surface area contributed by atoms with E-state index in [1.807, 2.05) is 7.05 Å². The SMILES string of the molecule is Cn1ncc(C(=O)NC2CCC(=O)NC2=O)c1C1CC1. The number of amides is 3. The molecule has 1 saturated carbocycles. The summed E-state index contributed by atoms with van der Waals surface area (Å²) >= 11 is 0. The smallest absolute Gasteiger partial charge is 0.255 e. The van der Waals surface area contributed by atoms with Gasteiger partial charge in [0.25, 0.3) is 5.91 Å². The fraction of sp³-hybridized carbons (Fsp3) is 0.538. The van der Waals surface area contributed by atoms with Gasteiger partial charge in [-0.05, 0) is 19.3 Å². The Morgan fingerprint density at radius 3 is 2.80 bits per heavy atom. The highest BCUT2D eigenvalue weighted by atomic mass is 16.2. The largest absolute Gasteiger partial charge is 0.340 e. The number of rotatable bonds is 3. The summed E-state index contributed by atoms with van der Waals surface area (Å²) in [4.78, 5) is 35.0. The average molecular weight is 276 g/mol. The first-order valence-electron chi connectivity index (χ1n) is 6.72. The molecule has 0 bridgehead atoms. The summed E-state index contributed by atoms with van der Waals surface area (Å²) in [6.07, 6.45) is 4.26. The van der Waals surface area contributed by atoms with Crippen LogP contribution < -0.4 is 10.6 Å². The Morgan fingerprint density at radius 2 is 2.15 bits per heavy atom. The van der Waals surface area contributed by atoms with Crippen LogP contribution in [0.5, 0.6) is 0 Å². The number of hydrogen-bond donors (Lipinski definition) is 2. The summed E-state index contributed by atoms with van der Waals surface area (Å²) in [5.74, 6) is -0.633. The van der Waals surface area contributed by atoms with Gasteiger partial charge in [0.1, 0.15) is 6.04 Å². The van der Waals surface area contributed by atoms with Gasteiger partial charge in [0.15, 0.2) is 0 Å². The van der Waals surface area contributed by atoms with Crippen LogP contribution in [0.2, 0.25) is 0 Å². The lowest BCUT2D eigenvalue weighted by Gasteiger charge is -2.21. The van der Waals surface area contributed by atoms with Gasteiger partial charge in [-0.25, -0.2) is 0 Å². The molecule has 1 unspecified atom stereocenters. The Hall–Kier alpha value is -2.18. The minimum absolute atomic E-state index is 0.249. The van der Waals surface area contributed by atoms with Gasteiger partial charge in [0, 0.05) is 19.4 Å². The third-order valence-electron chi connectivity index (χ3n) is 3.74. The molecule has 2 heterocycles. The van der Waals surface area contributed by atoms with Crippen molar-refractivity contribution in [2.24, 2.45) is 7.05 Å². The van der Waals surface area contributed by atoms with Crippen LogP contribution in [-0.2, 0) is 16.6 Å². The fourth-order valence-electron chi connectivity index (χ4n) is 2.53. The van der Waals surface area contributed by atoms with Gasteiger partial charge >= 0.3 is 0 Å². The molecule has 3 amide bonds. The molecule has 2 fully saturated rings. The summed E-state index contributed by atoms with van der Waals surface area (Å²) in [5.41, 5.74) is 1.45. The van der Waals surface area contributed by atoms with E-state index in [1.165, 1.54) is 6.20 Å². The van der Waals surface area contributed by atoms with E-state index in [9.17, 15) is 14.4 Å². The number of piperidine rings is 1. The zero-order valence-electron chi connectivity index (χ0n) is 11.2. The number of nitrogens with zero attached hydrogens (tertiary/aromatic N) is 2. The standard InChI is InChI=1S/C13H16N4O3/c1-17-11(7-2-3-7)8(6-14-17)12(19)15-9-4-5-10(18)16-13(9)20/h6-7,9H,2-5H2,1H3,(H,15,19)(H,16,18,20). The summed E-state index contributed by atoms with van der Waals surface area (Å²) in [6.45, 7) is 0. The zero-order valence-corrected chi connectivity index (χ0v) is 11.2. The molecule has 0 aromatic carbocycles. The maximum Gasteiger partial charge on any atom is 0.255 e. The molecule has 7 heteroatoms. The van der Waals surface area contributed by atoms with E-state index in [1.54, 1.807) is 4.68 Å². The van der Waals surface area contributed by atoms with Crippen LogP contribution in [0.15, 0.2) is 6.20 Å². The summed E-state index contributed by atoms with van der Waals surface area (Å²) in [6, 6.07) is -0.646. The van der Waals surface area contributed by atoms with Crippen LogP contribution in [0.3, 0.4) is 0 Å². The monoisotopic (exact) mass is 276 g/mol. The highest BCUT2D eigenvalue weighted by Crippen LogP contribution is 2.41. The second-order valence-electron chi connectivity index (χ2n) is 5.32. The summed E-state index contributed by atoms with van der Waals surface area (Å²) in [7, 11) is 1.82. The van der Waals surface area contributed by atoms with E-state index in [-0.39, 0.29) is 18.2 Å². The Labute approximate surface area is 115 Å². The molecule has 2 N–H and O–H groups in total. The van der Waals surface area contributed by atoms with Crippen LogP contribution in [-0.4, -0.2) is 33.5 Å². The van der Waals surface area contributed by atoms with Crippen molar-refractivity contribution in [2.75, 3.05) is 0 Å². The number of carbonyl (C=O) groups is 3. The molecule has 1 atom stereocenters. The predicted octanol–water partition coefficient (Wildman–Crippen LogP) is -0.168. The minimum atomic E-state index is -0.646. The molecule has 20 heavy (non-hydrogen) atoms. The maximum absolute atomic E-state index is 12.3. The van der Waals surface area contributed by atoms with Crippen molar-refractivity contribution in [2.45, 2.75) is 37.6 Å². The molecule has 7 nitrogen and oxygen atoms in total. The molecule has 1 aromatic heterocycles. The Balaban J connectivity index is 1.73. The molecule has 1 aromatic rings. The summed E-state index contributed by atoms with van der Waals surface area (Å²) in [5, 5.41) is 9.04. The number of aryl methyl sites for hydroxylation is 1. The van der Waals surface area contributed by atoms with Gasteiger partial charge in [-0.15, -0.1) is 0 Å². The van der Waals surface area contributed by atoms with E-state index < -0.39 is 11.9 Å². The molecule has 106 valence electrons. The molecule has 0 spiro atoms. The quantitative estimate of drug-likeness (QED) is 0.750. The van der Waals surface area contributed by atoms with E-state index in [4.69, 9.17) is 0 Å². The van der Waals surface area contributed by atoms with Crippen molar-refractivity contribution < 1.29 is 14.4 Å². The van der Waals surface area contributed by atoms with Gasteiger partial charge in [0.2, 0.25) is 11.8 Å². The lowest BCUT2D eigenvalue weighted by molar-refractivity contribution is -0.134. The predicted molar refractivity (Wildman–Crippen MR) is 68.8 cm³/mol. The number of aromatic nitrogens is 2. The van der Waals surface area contributed by atoms with Gasteiger partial charge in [-0.3, -0.25) is 24.4 Å². The topological polar surface area (TPSA) is 93.1 Å². The average Bonchev–Trinajstić information content (AvgIpc) is 3.16. The number of hydrogen-bond acceptors (Lipinski definition) is 4. The molecule has 2 aliphatic rings. The van der Waals surface area contributed by atoms with Crippen LogP contribution in [0.1, 0.15) is 47.7 Å². The Bertz CT molecular complexity index is 588. The second-order valence-corrected chi connectivity index (χ2v) is 5.32. The molecule has 1 aliphatic carbocycles. The van der Waals surface area contributed by atoms with Crippen molar-refractivity contribution >= 4 is 17.7 Å². The third kappa shape index (κ3) is 2.31. The van der Waals surface area contributed by atoms with Crippen molar-refractivity contribution in [3.63, 3.8) is 0 Å². The first-order valence-corrected chi connectivity index (χ1v) is 6.72. The maximum atomic E-state index is 12.3. The molecule has 0 radical (unpaired) electrons. The minimum Gasteiger partial charge on any atom is -0.340 e. The highest BCUT2D eigenvalue weighted by Gasteiger charge is 2.33. The second kappa shape index (κ2) is 4.73. The number of imide groups is 1. The van der Waals surface area contributed by atoms with Gasteiger partial charge < -0.3 is 5.32 Å². The molecule has 3 rings (SSSR count). The van der Waals surface area contributed by atoms with Crippen LogP contribution >= 0.6 is 0 Å². The van der Waals surface area contributed by atoms with Crippen molar-refractivity contribution in [1.29, 1.82) is 0 Å². The lowest BCUT2D eigenvalue weighted by atomic mass is 10.1. The molecule has 1 aliphatic heterocycles. The van der Waals surface area contributed by atoms with Crippen LogP contribution in [0.25, 0.3) is 0 Å². The van der Waals surface area contributed by atoms with Crippen LogP contribution in [0, 0.1) is 0 Å². The van der Waals surface area contributed by atoms with E-state index in [2.05, 4.69) is 15.7 Å². The first kappa shape index (κ1) is 12.8. The Morgan fingerprint density at radius 1 is 1.40 bits per heavy atom. The van der Waals surface area contributed by atoms with Crippen LogP contribution in [0.4, 0.5) is 0 Å². The molecular weight excluding hydrogens is 260 g/mol. The Kier molecular flexibility index (Phi) is 3.04. The van der Waals surface area contributed by atoms with E-state index in [0.717, 1.165) is 18.5 Å². The molecular formula is C13H16N4O3. The fourth-order valence-corrected chi connectivity index (χ4v) is 2.53. The van der Waals surface area contributed by atoms with Gasteiger partial charge in [-0.2, -0.15) is 5.10 Å². The highest BCUT2D eigenvalue weighted by molar-refractivity contribution is 6.04. The molecule has 1 saturated heterocycles. The third-order valence-corrected chi connectivity index (χ3v) is 3.74. The van der Waals surface area contributed by atoms with E-state index in [0.29, 0.717) is 17.9 Å². The zero-order chi connectivity index (χ0) is 14.3. The number of carbonyl (C=O) groups excluding carboxylic acids is 3. The lowest BCUT2D eigenvalue weighted by Crippen LogP contribution is -2.52.